The number of hydrogen-bond acceptors (Lipinski definition) is 7. The lowest BCUT2D eigenvalue weighted by Gasteiger charge is -2.14. The van der Waals surface area contributed by atoms with Gasteiger partial charge in [0.2, 0.25) is 5.78 Å². The van der Waals surface area contributed by atoms with Crippen LogP contribution in [0.25, 0.3) is 6.08 Å². The molecule has 1 aliphatic rings. The van der Waals surface area contributed by atoms with E-state index in [0.717, 1.165) is 37.4 Å². The Balaban J connectivity index is 1.63. The van der Waals surface area contributed by atoms with Crippen LogP contribution in [-0.2, 0) is 20.8 Å². The smallest absolute Gasteiger partial charge is 0.331 e. The summed E-state index contributed by atoms with van der Waals surface area (Å²) in [5, 5.41) is 0. The molecule has 0 spiro atoms. The summed E-state index contributed by atoms with van der Waals surface area (Å²) in [4.78, 5) is 24.9. The molecule has 1 fully saturated rings. The molecule has 3 rings (SSSR count). The van der Waals surface area contributed by atoms with Crippen molar-refractivity contribution in [3.05, 3.63) is 46.8 Å². The van der Waals surface area contributed by atoms with Gasteiger partial charge in [0.1, 0.15) is 5.75 Å². The third-order valence-electron chi connectivity index (χ3n) is 5.76. The Morgan fingerprint density at radius 2 is 1.76 bits per heavy atom. The lowest BCUT2D eigenvalue weighted by molar-refractivity contribution is -0.136. The lowest BCUT2D eigenvalue weighted by Crippen LogP contribution is -2.18. The van der Waals surface area contributed by atoms with Gasteiger partial charge in [-0.1, -0.05) is 0 Å². The van der Waals surface area contributed by atoms with E-state index in [9.17, 15) is 9.59 Å². The zero-order valence-electron chi connectivity index (χ0n) is 19.8. The van der Waals surface area contributed by atoms with Gasteiger partial charge in [0.05, 0.1) is 27.4 Å². The van der Waals surface area contributed by atoms with Crippen molar-refractivity contribution in [1.29, 1.82) is 0 Å². The molecule has 8 nitrogen and oxygen atoms in total. The molecule has 0 bridgehead atoms. The van der Waals surface area contributed by atoms with E-state index in [1.54, 1.807) is 18.2 Å². The van der Waals surface area contributed by atoms with E-state index < -0.39 is 5.97 Å². The predicted molar refractivity (Wildman–Crippen MR) is 123 cm³/mol. The number of ether oxygens (including phenoxy) is 5. The number of carbonyl (C=O) groups is 2. The maximum absolute atomic E-state index is 12.7. The summed E-state index contributed by atoms with van der Waals surface area (Å²) in [5.74, 6) is 0.642. The minimum Gasteiger partial charge on any atom is -0.496 e. The normalized spacial score (nSPS) is 15.6. The van der Waals surface area contributed by atoms with Crippen LogP contribution in [0.2, 0.25) is 0 Å². The van der Waals surface area contributed by atoms with Gasteiger partial charge < -0.3 is 28.3 Å². The fourth-order valence-electron chi connectivity index (χ4n) is 3.96. The number of aromatic nitrogens is 1. The highest BCUT2D eigenvalue weighted by molar-refractivity contribution is 6.00. The highest BCUT2D eigenvalue weighted by atomic mass is 16.5. The Hall–Kier alpha value is -3.26. The van der Waals surface area contributed by atoms with Gasteiger partial charge in [0, 0.05) is 47.8 Å². The standard InChI is InChI=1S/C25H31NO7/c1-16-11-20(17(2)26(16)14-19-7-6-10-32-19)21(27)15-33-25(28)9-8-18-12-23(30-4)24(31-5)13-22(18)29-3/h8-9,11-13,19H,6-7,10,14-15H2,1-5H3/b9-8+. The molecule has 1 aromatic heterocycles. The molecule has 2 heterocycles. The van der Waals surface area contributed by atoms with Crippen LogP contribution in [0, 0.1) is 13.8 Å². The van der Waals surface area contributed by atoms with Crippen LogP contribution in [0.5, 0.6) is 17.2 Å². The average Bonchev–Trinajstić information content (AvgIpc) is 3.44. The molecule has 0 N–H and O–H groups in total. The molecule has 1 aliphatic heterocycles. The Morgan fingerprint density at radius 1 is 1.06 bits per heavy atom. The quantitative estimate of drug-likeness (QED) is 0.305. The second-order valence-corrected chi connectivity index (χ2v) is 7.84. The van der Waals surface area contributed by atoms with Crippen LogP contribution in [0.3, 0.4) is 0 Å². The van der Waals surface area contributed by atoms with Crippen LogP contribution < -0.4 is 14.2 Å². The number of ketones is 1. The van der Waals surface area contributed by atoms with Gasteiger partial charge in [-0.05, 0) is 44.9 Å². The van der Waals surface area contributed by atoms with Crippen molar-refractivity contribution < 1.29 is 33.3 Å². The van der Waals surface area contributed by atoms with Crippen LogP contribution in [-0.4, -0.2) is 57.0 Å². The molecular weight excluding hydrogens is 426 g/mol. The minimum atomic E-state index is -0.631. The molecule has 33 heavy (non-hydrogen) atoms. The summed E-state index contributed by atoms with van der Waals surface area (Å²) in [7, 11) is 4.57. The highest BCUT2D eigenvalue weighted by Crippen LogP contribution is 2.35. The molecule has 1 atom stereocenters. The average molecular weight is 458 g/mol. The van der Waals surface area contributed by atoms with Crippen LogP contribution in [0.1, 0.15) is 40.2 Å². The lowest BCUT2D eigenvalue weighted by atomic mass is 10.1. The van der Waals surface area contributed by atoms with Crippen LogP contribution in [0.15, 0.2) is 24.3 Å². The van der Waals surface area contributed by atoms with Gasteiger partial charge in [0.15, 0.2) is 18.1 Å². The van der Waals surface area contributed by atoms with Crippen molar-refractivity contribution in [2.45, 2.75) is 39.3 Å². The van der Waals surface area contributed by atoms with Gasteiger partial charge in [0.25, 0.3) is 0 Å². The van der Waals surface area contributed by atoms with E-state index in [1.165, 1.54) is 27.4 Å². The molecule has 2 aromatic rings. The second kappa shape index (κ2) is 11.0. The van der Waals surface area contributed by atoms with Gasteiger partial charge in [-0.2, -0.15) is 0 Å². The predicted octanol–water partition coefficient (Wildman–Crippen LogP) is 3.75. The summed E-state index contributed by atoms with van der Waals surface area (Å²) in [5.41, 5.74) is 3.01. The van der Waals surface area contributed by atoms with Crippen molar-refractivity contribution in [3.8, 4) is 17.2 Å². The zero-order chi connectivity index (χ0) is 24.0. The number of benzene rings is 1. The van der Waals surface area contributed by atoms with E-state index in [4.69, 9.17) is 23.7 Å². The maximum atomic E-state index is 12.7. The summed E-state index contributed by atoms with van der Waals surface area (Å²) in [6, 6.07) is 5.19. The number of esters is 1. The van der Waals surface area contributed by atoms with Gasteiger partial charge in [-0.15, -0.1) is 0 Å². The van der Waals surface area contributed by atoms with E-state index in [1.807, 2.05) is 19.9 Å². The maximum Gasteiger partial charge on any atom is 0.331 e. The number of nitrogens with zero attached hydrogens (tertiary/aromatic N) is 1. The fraction of sp³-hybridized carbons (Fsp3) is 0.440. The van der Waals surface area contributed by atoms with E-state index in [-0.39, 0.29) is 18.5 Å². The monoisotopic (exact) mass is 457 g/mol. The number of hydrogen-bond donors (Lipinski definition) is 0. The van der Waals surface area contributed by atoms with Gasteiger partial charge in [-0.25, -0.2) is 4.79 Å². The van der Waals surface area contributed by atoms with Gasteiger partial charge >= 0.3 is 5.97 Å². The van der Waals surface area contributed by atoms with Crippen LogP contribution in [0.4, 0.5) is 0 Å². The molecule has 8 heteroatoms. The Bertz CT molecular complexity index is 1030. The van der Waals surface area contributed by atoms with Crippen molar-refractivity contribution in [2.75, 3.05) is 34.5 Å². The summed E-state index contributed by atoms with van der Waals surface area (Å²) in [6.07, 6.45) is 5.05. The Labute approximate surface area is 194 Å². The highest BCUT2D eigenvalue weighted by Gasteiger charge is 2.21. The van der Waals surface area contributed by atoms with Crippen LogP contribution >= 0.6 is 0 Å². The third kappa shape index (κ3) is 5.76. The Kier molecular flexibility index (Phi) is 8.16. The van der Waals surface area contributed by atoms with Crippen molar-refractivity contribution >= 4 is 17.8 Å². The molecule has 178 valence electrons. The number of Topliss-reactive ketones (excluding diaryl/α,β-unsaturated/α-hetero) is 1. The van der Waals surface area contributed by atoms with E-state index in [0.29, 0.717) is 28.4 Å². The van der Waals surface area contributed by atoms with Crippen molar-refractivity contribution in [3.63, 3.8) is 0 Å². The van der Waals surface area contributed by atoms with E-state index >= 15 is 0 Å². The molecule has 1 saturated heterocycles. The summed E-state index contributed by atoms with van der Waals surface area (Å²) >= 11 is 0. The Morgan fingerprint density at radius 3 is 2.39 bits per heavy atom. The number of carbonyl (C=O) groups excluding carboxylic acids is 2. The summed E-state index contributed by atoms with van der Waals surface area (Å²) in [6.45, 7) is 5.04. The zero-order valence-corrected chi connectivity index (χ0v) is 19.8. The first-order valence-corrected chi connectivity index (χ1v) is 10.8. The van der Waals surface area contributed by atoms with Crippen molar-refractivity contribution in [2.24, 2.45) is 0 Å². The molecular formula is C25H31NO7. The number of rotatable bonds is 10. The second-order valence-electron chi connectivity index (χ2n) is 7.84. The largest absolute Gasteiger partial charge is 0.496 e. The molecule has 0 radical (unpaired) electrons. The first-order valence-electron chi connectivity index (χ1n) is 10.8. The molecule has 0 saturated carbocycles. The topological polar surface area (TPSA) is 85.2 Å². The summed E-state index contributed by atoms with van der Waals surface area (Å²) < 4.78 is 28.9. The van der Waals surface area contributed by atoms with Gasteiger partial charge in [-0.3, -0.25) is 4.79 Å². The third-order valence-corrected chi connectivity index (χ3v) is 5.76. The first-order chi connectivity index (χ1) is 15.9. The fourth-order valence-corrected chi connectivity index (χ4v) is 3.96. The van der Waals surface area contributed by atoms with E-state index in [2.05, 4.69) is 4.57 Å². The molecule has 1 aromatic carbocycles. The number of methoxy groups -OCH3 is 3. The first kappa shape index (κ1) is 24.4. The number of aryl methyl sites for hydroxylation is 1. The molecule has 1 unspecified atom stereocenters. The minimum absolute atomic E-state index is 0.175. The SMILES string of the molecule is COc1cc(OC)c(OC)cc1/C=C/C(=O)OCC(=O)c1cc(C)n(CC2CCCO2)c1C. The molecule has 0 amide bonds. The molecule has 0 aliphatic carbocycles. The van der Waals surface area contributed by atoms with Crippen molar-refractivity contribution in [1.82, 2.24) is 4.57 Å².